The van der Waals surface area contributed by atoms with Crippen LogP contribution < -0.4 is 0 Å². The molecule has 47 heavy (non-hydrogen) atoms. The van der Waals surface area contributed by atoms with Crippen LogP contribution >= 0.6 is 0 Å². The first kappa shape index (κ1) is 10.7. The summed E-state index contributed by atoms with van der Waals surface area (Å²) in [5.74, 6) is 0. The number of fused-ring (bicyclic) bond motifs is 7. The second-order valence-corrected chi connectivity index (χ2v) is 10.3. The summed E-state index contributed by atoms with van der Waals surface area (Å²) >= 11 is 0. The number of rotatable bonds is 3. The maximum Gasteiger partial charge on any atom is 0.136 e. The highest BCUT2D eigenvalue weighted by molar-refractivity contribution is 6.26. The predicted octanol–water partition coefficient (Wildman–Crippen LogP) is 13.2. The Balaban J connectivity index is 1.49. The van der Waals surface area contributed by atoms with Gasteiger partial charge < -0.3 is 4.42 Å². The van der Waals surface area contributed by atoms with Crippen molar-refractivity contribution in [2.24, 2.45) is 0 Å². The third kappa shape index (κ3) is 3.97. The molecule has 1 nitrogen and oxygen atoms in total. The molecule has 0 saturated carbocycles. The molecule has 0 aliphatic heterocycles. The lowest BCUT2D eigenvalue weighted by Crippen LogP contribution is -1.91. The highest BCUT2D eigenvalue weighted by Crippen LogP contribution is 2.47. The Labute approximate surface area is 311 Å². The Bertz CT molecular complexity index is 4330. The molecule has 0 saturated heterocycles. The van der Waals surface area contributed by atoms with Crippen LogP contribution in [0.3, 0.4) is 0 Å². The molecule has 0 spiro atoms. The third-order valence-electron chi connectivity index (χ3n) is 7.76. The van der Waals surface area contributed by atoms with Crippen LogP contribution in [0.15, 0.2) is 174 Å². The molecule has 0 radical (unpaired) electrons. The van der Waals surface area contributed by atoms with E-state index >= 15 is 0 Å². The highest BCUT2D eigenvalue weighted by atomic mass is 16.3. The quantitative estimate of drug-likeness (QED) is 0.178. The van der Waals surface area contributed by atoms with Gasteiger partial charge in [0.1, 0.15) is 11.2 Å². The fourth-order valence-corrected chi connectivity index (χ4v) is 5.79. The first-order valence-electron chi connectivity index (χ1n) is 27.9. The van der Waals surface area contributed by atoms with E-state index in [9.17, 15) is 15.1 Å². The largest absolute Gasteiger partial charge is 0.456 e. The van der Waals surface area contributed by atoms with Gasteiger partial charge in [-0.2, -0.15) is 0 Å². The zero-order chi connectivity index (χ0) is 55.3. The molecule has 1 heteroatoms. The summed E-state index contributed by atoms with van der Waals surface area (Å²) in [6.07, 6.45) is 0. The van der Waals surface area contributed by atoms with Crippen molar-refractivity contribution in [2.45, 2.75) is 0 Å². The predicted molar refractivity (Wildman–Crippen MR) is 200 cm³/mol. The van der Waals surface area contributed by atoms with Gasteiger partial charge in [0, 0.05) is 10.8 Å². The van der Waals surface area contributed by atoms with Gasteiger partial charge in [-0.05, 0) is 94.6 Å². The third-order valence-corrected chi connectivity index (χ3v) is 7.76. The van der Waals surface area contributed by atoms with Gasteiger partial charge in [0.15, 0.2) is 0 Å². The monoisotopic (exact) mass is 624 g/mol. The fraction of sp³-hybridized carbons (Fsp3) is 0. The van der Waals surface area contributed by atoms with Gasteiger partial charge >= 0.3 is 0 Å². The average molecular weight is 625 g/mol. The van der Waals surface area contributed by atoms with Crippen molar-refractivity contribution in [3.63, 3.8) is 0 Å². The van der Waals surface area contributed by atoms with Crippen molar-refractivity contribution >= 4 is 65.0 Å². The number of benzene rings is 9. The van der Waals surface area contributed by atoms with Gasteiger partial charge in [-0.15, -0.1) is 0 Å². The summed E-state index contributed by atoms with van der Waals surface area (Å²) in [7, 11) is 0. The molecule has 0 unspecified atom stereocenters. The molecule has 0 amide bonds. The van der Waals surface area contributed by atoms with Gasteiger partial charge in [0.25, 0.3) is 0 Å². The van der Waals surface area contributed by atoms with Crippen LogP contribution in [0.2, 0.25) is 0 Å². The Morgan fingerprint density at radius 2 is 0.851 bits per heavy atom. The average Bonchev–Trinajstić information content (AvgIpc) is 3.78. The van der Waals surface area contributed by atoms with Crippen LogP contribution in [0.25, 0.3) is 98.4 Å². The Morgan fingerprint density at radius 3 is 1.55 bits per heavy atom. The van der Waals surface area contributed by atoms with Crippen molar-refractivity contribution < 1.29 is 42.8 Å². The van der Waals surface area contributed by atoms with Crippen LogP contribution in [0.5, 0.6) is 0 Å². The van der Waals surface area contributed by atoms with Crippen molar-refractivity contribution in [3.05, 3.63) is 169 Å². The molecule has 0 bridgehead atoms. The molecule has 0 aliphatic rings. The minimum atomic E-state index is -1.11. The fourth-order valence-electron chi connectivity index (χ4n) is 5.79. The topological polar surface area (TPSA) is 13.1 Å². The molecule has 9 aromatic carbocycles. The summed E-state index contributed by atoms with van der Waals surface area (Å²) in [6, 6.07) is -25.8. The van der Waals surface area contributed by atoms with E-state index in [1.165, 1.54) is 0 Å². The maximum atomic E-state index is 9.60. The van der Waals surface area contributed by atoms with Crippen LogP contribution in [-0.2, 0) is 0 Å². The molecule has 10 rings (SSSR count). The zero-order valence-electron chi connectivity index (χ0n) is 51.4. The number of hydrogen-bond donors (Lipinski definition) is 0. The van der Waals surface area contributed by atoms with Gasteiger partial charge in [0.2, 0.25) is 0 Å². The molecule has 218 valence electrons. The maximum absolute atomic E-state index is 9.60. The standard InChI is InChI=1S/C46H28O/c1-2-13-33-28-43-41(27-32(33)12-1)46-40(21-10-22-42(46)47-43)45-38-18-7-5-16-36(38)44(37-17-6-8-19-39(37)45)31-25-23-30(24-26-31)35-20-9-14-29-11-3-4-15-34(29)35/h1-28H/i1D,2D,3D,4D,5D,6D,7D,8D,9D,10D,11D,12D,13D,14D,15D,16D,17D,18D,19D,20D,21D,22D,23D,24D,25D,26D,27D,28D. The SMILES string of the molecule is [2H]c1c([2H])c(-c2c3c([2H])c([2H])c([2H])c([2H])c3c(-c3c([2H])c([2H])c([2H])c4oc5c([2H])c6c([2H])c([2H])c([2H])c([2H])c6c([2H])c5c34)c3c([2H])c([2H])c([2H])c([2H])c23)c([2H])c([2H])c1-c1c([2H])c([2H])c([2H])c2c([2H])c([2H])c([2H])c([2H])c12. The molecule has 1 heterocycles. The summed E-state index contributed by atoms with van der Waals surface area (Å²) in [5, 5.41) is -6.25. The lowest BCUT2D eigenvalue weighted by atomic mass is 9.84. The van der Waals surface area contributed by atoms with E-state index in [1.807, 2.05) is 0 Å². The second kappa shape index (κ2) is 10.2. The molecule has 0 aliphatic carbocycles. The van der Waals surface area contributed by atoms with Crippen LogP contribution in [0.4, 0.5) is 0 Å². The first-order valence-corrected chi connectivity index (χ1v) is 13.9. The van der Waals surface area contributed by atoms with E-state index in [-0.39, 0.29) is 0 Å². The van der Waals surface area contributed by atoms with Gasteiger partial charge in [-0.3, -0.25) is 0 Å². The molecule has 1 aromatic heterocycles. The summed E-state index contributed by atoms with van der Waals surface area (Å²) in [4.78, 5) is 0. The molecule has 0 N–H and O–H groups in total. The molecule has 0 fully saturated rings. The van der Waals surface area contributed by atoms with Crippen molar-refractivity contribution in [1.29, 1.82) is 0 Å². The Hall–Kier alpha value is -6.18. The number of hydrogen-bond acceptors (Lipinski definition) is 1. The van der Waals surface area contributed by atoms with Crippen LogP contribution in [-0.4, -0.2) is 0 Å². The minimum Gasteiger partial charge on any atom is -0.456 e. The van der Waals surface area contributed by atoms with E-state index in [0.29, 0.717) is 0 Å². The lowest BCUT2D eigenvalue weighted by Gasteiger charge is -2.18. The van der Waals surface area contributed by atoms with Gasteiger partial charge in [-0.25, -0.2) is 0 Å². The van der Waals surface area contributed by atoms with Gasteiger partial charge in [-0.1, -0.05) is 151 Å². The lowest BCUT2D eigenvalue weighted by molar-refractivity contribution is 0.669. The van der Waals surface area contributed by atoms with Crippen LogP contribution in [0.1, 0.15) is 38.4 Å². The molecule has 0 atom stereocenters. The second-order valence-electron chi connectivity index (χ2n) is 10.3. The molecular formula is C46H28O. The first-order chi connectivity index (χ1) is 35.0. The van der Waals surface area contributed by atoms with E-state index in [4.69, 9.17) is 27.7 Å². The van der Waals surface area contributed by atoms with Crippen LogP contribution in [0, 0.1) is 0 Å². The smallest absolute Gasteiger partial charge is 0.136 e. The molecule has 10 aromatic rings. The summed E-state index contributed by atoms with van der Waals surface area (Å²) in [6.45, 7) is 0. The van der Waals surface area contributed by atoms with E-state index < -0.39 is 268 Å². The zero-order valence-corrected chi connectivity index (χ0v) is 23.4. The van der Waals surface area contributed by atoms with E-state index in [0.717, 1.165) is 0 Å². The van der Waals surface area contributed by atoms with Crippen molar-refractivity contribution in [3.8, 4) is 33.4 Å². The Morgan fingerprint density at radius 1 is 0.340 bits per heavy atom. The number of furan rings is 1. The summed E-state index contributed by atoms with van der Waals surface area (Å²) < 4.78 is 258. The van der Waals surface area contributed by atoms with Crippen molar-refractivity contribution in [1.82, 2.24) is 0 Å². The van der Waals surface area contributed by atoms with Gasteiger partial charge in [0.05, 0.1) is 38.4 Å². The van der Waals surface area contributed by atoms with Crippen molar-refractivity contribution in [2.75, 3.05) is 0 Å². The Kier molecular flexibility index (Phi) is 2.31. The van der Waals surface area contributed by atoms with E-state index in [1.54, 1.807) is 0 Å². The highest BCUT2D eigenvalue weighted by Gasteiger charge is 2.20. The normalized spacial score (nSPS) is 20.2. The minimum absolute atomic E-state index is 0.484. The summed E-state index contributed by atoms with van der Waals surface area (Å²) in [5.41, 5.74) is -5.83. The van der Waals surface area contributed by atoms with E-state index in [2.05, 4.69) is 0 Å². The molecular weight excluding hydrogens is 569 g/mol.